The van der Waals surface area contributed by atoms with Crippen LogP contribution in [0.5, 0.6) is 0 Å². The molecule has 0 heterocycles. The van der Waals surface area contributed by atoms with E-state index in [0.29, 0.717) is 5.39 Å². The van der Waals surface area contributed by atoms with Gasteiger partial charge in [-0.15, -0.1) is 0 Å². The zero-order valence-corrected chi connectivity index (χ0v) is 11.4. The fraction of sp³-hybridized carbons (Fsp3) is 0.154. The number of hydrogen-bond donors (Lipinski definition) is 1. The monoisotopic (exact) mass is 349 g/mol. The molecular formula is C13H8BrF4NO. The van der Waals surface area contributed by atoms with Crippen LogP contribution in [0.4, 0.5) is 23.2 Å². The SMILES string of the molecule is O=C(Nc1ccc2cc(Br)ccc2c1)C(F)(F)C(F)F. The second-order valence-corrected chi connectivity index (χ2v) is 5.00. The van der Waals surface area contributed by atoms with E-state index in [9.17, 15) is 22.4 Å². The third kappa shape index (κ3) is 2.92. The standard InChI is InChI=1S/C13H8BrF4NO/c14-9-3-1-8-6-10(4-2-7(8)5-9)19-12(20)13(17,18)11(15)16/h1-6,11H,(H,19,20). The predicted octanol–water partition coefficient (Wildman–Crippen LogP) is 4.44. The number of anilines is 1. The summed E-state index contributed by atoms with van der Waals surface area (Å²) in [6, 6.07) is 9.64. The molecule has 2 rings (SSSR count). The summed E-state index contributed by atoms with van der Waals surface area (Å²) < 4.78 is 50.6. The number of alkyl halides is 4. The van der Waals surface area contributed by atoms with Crippen molar-refractivity contribution in [2.45, 2.75) is 12.3 Å². The molecule has 0 fully saturated rings. The normalized spacial score (nSPS) is 11.9. The Balaban J connectivity index is 2.26. The summed E-state index contributed by atoms with van der Waals surface area (Å²) in [5, 5.41) is 3.29. The van der Waals surface area contributed by atoms with Gasteiger partial charge in [-0.2, -0.15) is 8.78 Å². The molecule has 0 radical (unpaired) electrons. The van der Waals surface area contributed by atoms with Crippen LogP contribution >= 0.6 is 15.9 Å². The van der Waals surface area contributed by atoms with Crippen LogP contribution in [0.1, 0.15) is 0 Å². The van der Waals surface area contributed by atoms with Gasteiger partial charge in [-0.25, -0.2) is 8.78 Å². The molecule has 1 amide bonds. The van der Waals surface area contributed by atoms with Crippen molar-refractivity contribution in [1.29, 1.82) is 0 Å². The number of amides is 1. The molecule has 0 spiro atoms. The fourth-order valence-corrected chi connectivity index (χ4v) is 1.99. The molecular weight excluding hydrogens is 342 g/mol. The summed E-state index contributed by atoms with van der Waals surface area (Å²) in [5.74, 6) is -6.74. The molecule has 0 aliphatic rings. The Morgan fingerprint density at radius 3 is 2.35 bits per heavy atom. The van der Waals surface area contributed by atoms with Crippen LogP contribution in [0.25, 0.3) is 10.8 Å². The highest BCUT2D eigenvalue weighted by Gasteiger charge is 2.48. The number of nitrogens with one attached hydrogen (secondary N) is 1. The quantitative estimate of drug-likeness (QED) is 0.815. The molecule has 2 aromatic rings. The van der Waals surface area contributed by atoms with E-state index >= 15 is 0 Å². The van der Waals surface area contributed by atoms with Crippen LogP contribution in [0.15, 0.2) is 40.9 Å². The van der Waals surface area contributed by atoms with E-state index < -0.39 is 18.3 Å². The van der Waals surface area contributed by atoms with Gasteiger partial charge >= 0.3 is 18.3 Å². The molecule has 0 aliphatic carbocycles. The average Bonchev–Trinajstić information content (AvgIpc) is 2.38. The Labute approximate surface area is 119 Å². The van der Waals surface area contributed by atoms with Gasteiger partial charge in [0.1, 0.15) is 0 Å². The molecule has 2 nitrogen and oxygen atoms in total. The first-order valence-corrected chi connectivity index (χ1v) is 6.27. The van der Waals surface area contributed by atoms with Crippen LogP contribution in [-0.2, 0) is 4.79 Å². The van der Waals surface area contributed by atoms with E-state index in [-0.39, 0.29) is 5.69 Å². The molecule has 0 atom stereocenters. The molecule has 0 unspecified atom stereocenters. The molecule has 20 heavy (non-hydrogen) atoms. The predicted molar refractivity (Wildman–Crippen MR) is 71.2 cm³/mol. The van der Waals surface area contributed by atoms with Gasteiger partial charge in [0.2, 0.25) is 0 Å². The third-order valence-electron chi connectivity index (χ3n) is 2.64. The van der Waals surface area contributed by atoms with Crippen LogP contribution in [-0.4, -0.2) is 18.3 Å². The number of hydrogen-bond acceptors (Lipinski definition) is 1. The van der Waals surface area contributed by atoms with Gasteiger partial charge in [0.05, 0.1) is 0 Å². The molecule has 0 saturated heterocycles. The second kappa shape index (κ2) is 5.40. The van der Waals surface area contributed by atoms with Gasteiger partial charge < -0.3 is 5.32 Å². The van der Waals surface area contributed by atoms with Crippen molar-refractivity contribution in [3.8, 4) is 0 Å². The average molecular weight is 350 g/mol. The van der Waals surface area contributed by atoms with Crippen molar-refractivity contribution in [2.75, 3.05) is 5.32 Å². The van der Waals surface area contributed by atoms with Crippen molar-refractivity contribution in [1.82, 2.24) is 0 Å². The molecule has 2 aromatic carbocycles. The molecule has 0 saturated carbocycles. The first kappa shape index (κ1) is 14.8. The highest BCUT2D eigenvalue weighted by Crippen LogP contribution is 2.27. The van der Waals surface area contributed by atoms with E-state index in [1.54, 1.807) is 29.6 Å². The fourth-order valence-electron chi connectivity index (χ4n) is 1.61. The largest absolute Gasteiger partial charge is 0.383 e. The Kier molecular flexibility index (Phi) is 3.99. The number of carbonyl (C=O) groups excluding carboxylic acids is 1. The van der Waals surface area contributed by atoms with E-state index in [2.05, 4.69) is 15.9 Å². The van der Waals surface area contributed by atoms with Gasteiger partial charge in [-0.1, -0.05) is 28.1 Å². The Morgan fingerprint density at radius 2 is 1.70 bits per heavy atom. The van der Waals surface area contributed by atoms with Crippen LogP contribution < -0.4 is 5.32 Å². The maximum atomic E-state index is 12.8. The minimum Gasteiger partial charge on any atom is -0.321 e. The van der Waals surface area contributed by atoms with Crippen molar-refractivity contribution >= 4 is 38.3 Å². The number of carbonyl (C=O) groups is 1. The Hall–Kier alpha value is -1.63. The van der Waals surface area contributed by atoms with E-state index in [4.69, 9.17) is 0 Å². The molecule has 0 aliphatic heterocycles. The summed E-state index contributed by atoms with van der Waals surface area (Å²) in [7, 11) is 0. The van der Waals surface area contributed by atoms with Gasteiger partial charge in [0.15, 0.2) is 0 Å². The lowest BCUT2D eigenvalue weighted by atomic mass is 10.1. The number of rotatable bonds is 3. The lowest BCUT2D eigenvalue weighted by molar-refractivity contribution is -0.163. The van der Waals surface area contributed by atoms with Crippen molar-refractivity contribution in [3.05, 3.63) is 40.9 Å². The lowest BCUT2D eigenvalue weighted by Crippen LogP contribution is -2.40. The smallest absolute Gasteiger partial charge is 0.321 e. The van der Waals surface area contributed by atoms with Gasteiger partial charge in [0.25, 0.3) is 0 Å². The highest BCUT2D eigenvalue weighted by atomic mass is 79.9. The molecule has 1 N–H and O–H groups in total. The van der Waals surface area contributed by atoms with Crippen molar-refractivity contribution in [2.24, 2.45) is 0 Å². The minimum absolute atomic E-state index is 0.0325. The van der Waals surface area contributed by atoms with Crippen molar-refractivity contribution < 1.29 is 22.4 Å². The second-order valence-electron chi connectivity index (χ2n) is 4.08. The maximum Gasteiger partial charge on any atom is 0.383 e. The topological polar surface area (TPSA) is 29.1 Å². The number of fused-ring (bicyclic) bond motifs is 1. The first-order valence-electron chi connectivity index (χ1n) is 5.47. The molecule has 0 bridgehead atoms. The summed E-state index contributed by atoms with van der Waals surface area (Å²) in [4.78, 5) is 11.1. The number of benzene rings is 2. The minimum atomic E-state index is -4.71. The maximum absolute atomic E-state index is 12.8. The van der Waals surface area contributed by atoms with E-state index in [1.165, 1.54) is 12.1 Å². The number of halogens is 5. The van der Waals surface area contributed by atoms with Crippen LogP contribution in [0.2, 0.25) is 0 Å². The summed E-state index contributed by atoms with van der Waals surface area (Å²) in [5.41, 5.74) is 0.0325. The van der Waals surface area contributed by atoms with E-state index in [1.807, 2.05) is 0 Å². The van der Waals surface area contributed by atoms with Gasteiger partial charge in [0, 0.05) is 10.2 Å². The summed E-state index contributed by atoms with van der Waals surface area (Å²) >= 11 is 3.28. The van der Waals surface area contributed by atoms with E-state index in [0.717, 1.165) is 9.86 Å². The van der Waals surface area contributed by atoms with Crippen LogP contribution in [0, 0.1) is 0 Å². The molecule has 0 aromatic heterocycles. The van der Waals surface area contributed by atoms with Crippen molar-refractivity contribution in [3.63, 3.8) is 0 Å². The highest BCUT2D eigenvalue weighted by molar-refractivity contribution is 9.10. The molecule has 7 heteroatoms. The zero-order chi connectivity index (χ0) is 14.9. The van der Waals surface area contributed by atoms with Gasteiger partial charge in [-0.3, -0.25) is 4.79 Å². The Morgan fingerprint density at radius 1 is 1.10 bits per heavy atom. The first-order chi connectivity index (χ1) is 9.30. The zero-order valence-electron chi connectivity index (χ0n) is 9.84. The Bertz CT molecular complexity index is 660. The molecule has 106 valence electrons. The third-order valence-corrected chi connectivity index (χ3v) is 3.13. The van der Waals surface area contributed by atoms with Crippen LogP contribution in [0.3, 0.4) is 0 Å². The summed E-state index contributed by atoms with van der Waals surface area (Å²) in [6.45, 7) is 0. The van der Waals surface area contributed by atoms with Gasteiger partial charge in [-0.05, 0) is 35.0 Å². The lowest BCUT2D eigenvalue weighted by Gasteiger charge is -2.15. The summed E-state index contributed by atoms with van der Waals surface area (Å²) in [6.07, 6.45) is -4.04.